The molecule has 30 heavy (non-hydrogen) atoms. The number of carbonyl (C=O) groups is 2. The lowest BCUT2D eigenvalue weighted by Gasteiger charge is -2.50. The average molecular weight is 412 g/mol. The van der Waals surface area contributed by atoms with Crippen LogP contribution in [0.1, 0.15) is 18.1 Å². The number of likely N-dealkylation sites (N-methyl/N-ethyl adjacent to an activating group) is 1. The van der Waals surface area contributed by atoms with Gasteiger partial charge in [-0.25, -0.2) is 4.79 Å². The highest BCUT2D eigenvalue weighted by Gasteiger charge is 2.54. The first-order chi connectivity index (χ1) is 14.3. The van der Waals surface area contributed by atoms with E-state index >= 15 is 0 Å². The Hall–Kier alpha value is -3.06. The summed E-state index contributed by atoms with van der Waals surface area (Å²) in [6, 6.07) is 14.0. The van der Waals surface area contributed by atoms with Crippen molar-refractivity contribution in [2.24, 2.45) is 5.92 Å². The molecule has 2 atom stereocenters. The molecule has 0 N–H and O–H groups in total. The topological polar surface area (TPSA) is 68.3 Å². The fraction of sp³-hybridized carbons (Fsp3) is 0.391. The molecule has 3 amide bonds. The maximum atomic E-state index is 12.9. The molecule has 2 aromatic rings. The van der Waals surface area contributed by atoms with Gasteiger partial charge in [0.05, 0.1) is 26.2 Å². The summed E-state index contributed by atoms with van der Waals surface area (Å²) in [6.45, 7) is 1.83. The maximum Gasteiger partial charge on any atom is 0.326 e. The zero-order chi connectivity index (χ0) is 22.1. The molecule has 0 spiro atoms. The van der Waals surface area contributed by atoms with Crippen molar-refractivity contribution in [3.63, 3.8) is 0 Å². The van der Waals surface area contributed by atoms with Gasteiger partial charge in [0, 0.05) is 21.2 Å². The molecule has 0 bridgehead atoms. The molecule has 1 fully saturated rings. The van der Waals surface area contributed by atoms with Gasteiger partial charge in [0.1, 0.15) is 17.1 Å². The molecule has 1 aliphatic heterocycles. The molecule has 0 aliphatic carbocycles. The molecule has 3 rings (SSSR count). The van der Waals surface area contributed by atoms with E-state index in [0.29, 0.717) is 11.5 Å². The highest BCUT2D eigenvalue weighted by Crippen LogP contribution is 2.44. The molecule has 1 saturated heterocycles. The zero-order valence-electron chi connectivity index (χ0n) is 18.2. The fourth-order valence-corrected chi connectivity index (χ4v) is 4.39. The lowest BCUT2D eigenvalue weighted by atomic mass is 9.73. The normalized spacial score (nSPS) is 19.8. The first-order valence-corrected chi connectivity index (χ1v) is 9.70. The van der Waals surface area contributed by atoms with Crippen LogP contribution in [0.5, 0.6) is 11.5 Å². The summed E-state index contributed by atoms with van der Waals surface area (Å²) < 4.78 is 16.8. The summed E-state index contributed by atoms with van der Waals surface area (Å²) in [6.07, 6.45) is 0. The molecule has 1 heterocycles. The second-order valence-corrected chi connectivity index (χ2v) is 7.42. The van der Waals surface area contributed by atoms with Crippen molar-refractivity contribution in [2.75, 3.05) is 35.4 Å². The van der Waals surface area contributed by atoms with E-state index in [9.17, 15) is 9.59 Å². The minimum absolute atomic E-state index is 0.244. The van der Waals surface area contributed by atoms with E-state index in [-0.39, 0.29) is 11.9 Å². The largest absolute Gasteiger partial charge is 0.497 e. The van der Waals surface area contributed by atoms with Crippen molar-refractivity contribution in [1.82, 2.24) is 9.80 Å². The van der Waals surface area contributed by atoms with Crippen molar-refractivity contribution in [1.29, 1.82) is 0 Å². The van der Waals surface area contributed by atoms with E-state index in [1.165, 1.54) is 7.05 Å². The van der Waals surface area contributed by atoms with Crippen LogP contribution in [0.25, 0.3) is 0 Å². The number of rotatable bonds is 6. The van der Waals surface area contributed by atoms with Gasteiger partial charge in [0.2, 0.25) is 5.91 Å². The van der Waals surface area contributed by atoms with Crippen LogP contribution in [0.2, 0.25) is 0 Å². The Labute approximate surface area is 177 Å². The minimum atomic E-state index is -1.08. The Morgan fingerprint density at radius 1 is 0.800 bits per heavy atom. The average Bonchev–Trinajstić information content (AvgIpc) is 2.79. The van der Waals surface area contributed by atoms with Crippen LogP contribution in [0, 0.1) is 5.92 Å². The lowest BCUT2D eigenvalue weighted by molar-refractivity contribution is -0.144. The molecule has 0 unspecified atom stereocenters. The van der Waals surface area contributed by atoms with Gasteiger partial charge in [-0.15, -0.1) is 0 Å². The second kappa shape index (κ2) is 8.36. The van der Waals surface area contributed by atoms with Gasteiger partial charge in [0.25, 0.3) is 0 Å². The van der Waals surface area contributed by atoms with Crippen LogP contribution in [-0.4, -0.2) is 63.2 Å². The van der Waals surface area contributed by atoms with Crippen molar-refractivity contribution in [3.05, 3.63) is 59.7 Å². The standard InChI is InChI=1S/C23H28N2O5/c1-15-20(24(2)22(27)25(3)21(15)26)23(30-6,16-7-11-18(28-4)12-8-16)17-9-13-19(29-5)14-10-17/h7-15,20H,1-6H3/t15-,20-/m1/s1. The molecule has 0 radical (unpaired) electrons. The molecule has 7 nitrogen and oxygen atoms in total. The quantitative estimate of drug-likeness (QED) is 0.729. The minimum Gasteiger partial charge on any atom is -0.497 e. The molecular formula is C23H28N2O5. The molecule has 2 aromatic carbocycles. The van der Waals surface area contributed by atoms with Gasteiger partial charge >= 0.3 is 6.03 Å². The SMILES string of the molecule is COc1ccc(C(OC)(c2ccc(OC)cc2)[C@H]2[C@@H](C)C(=O)N(C)C(=O)N2C)cc1. The van der Waals surface area contributed by atoms with E-state index in [2.05, 4.69) is 0 Å². The number of hydrogen-bond donors (Lipinski definition) is 0. The van der Waals surface area contributed by atoms with Crippen LogP contribution in [0.4, 0.5) is 4.79 Å². The zero-order valence-corrected chi connectivity index (χ0v) is 18.2. The third-order valence-electron chi connectivity index (χ3n) is 5.98. The van der Waals surface area contributed by atoms with Gasteiger partial charge < -0.3 is 19.1 Å². The number of carbonyl (C=O) groups excluding carboxylic acids is 2. The van der Waals surface area contributed by atoms with E-state index in [1.54, 1.807) is 33.3 Å². The van der Waals surface area contributed by atoms with Crippen LogP contribution >= 0.6 is 0 Å². The summed E-state index contributed by atoms with van der Waals surface area (Å²) in [7, 11) is 8.01. The highest BCUT2D eigenvalue weighted by atomic mass is 16.5. The summed E-state index contributed by atoms with van der Waals surface area (Å²) in [4.78, 5) is 28.5. The summed E-state index contributed by atoms with van der Waals surface area (Å²) in [5.41, 5.74) is 0.536. The van der Waals surface area contributed by atoms with Crippen molar-refractivity contribution in [2.45, 2.75) is 18.6 Å². The number of methoxy groups -OCH3 is 3. The Bertz CT molecular complexity index is 841. The van der Waals surface area contributed by atoms with E-state index < -0.39 is 17.6 Å². The smallest absolute Gasteiger partial charge is 0.326 e. The Kier molecular flexibility index (Phi) is 6.03. The highest BCUT2D eigenvalue weighted by molar-refractivity contribution is 5.98. The molecular weight excluding hydrogens is 384 g/mol. The number of amides is 3. The predicted molar refractivity (Wildman–Crippen MR) is 113 cm³/mol. The van der Waals surface area contributed by atoms with E-state index in [4.69, 9.17) is 14.2 Å². The molecule has 1 aliphatic rings. The number of urea groups is 1. The van der Waals surface area contributed by atoms with Crippen LogP contribution in [0.3, 0.4) is 0 Å². The van der Waals surface area contributed by atoms with Crippen molar-refractivity contribution < 1.29 is 23.8 Å². The van der Waals surface area contributed by atoms with Gasteiger partial charge in [-0.3, -0.25) is 9.69 Å². The fourth-order valence-electron chi connectivity index (χ4n) is 4.39. The Morgan fingerprint density at radius 2 is 1.23 bits per heavy atom. The molecule has 7 heteroatoms. The maximum absolute atomic E-state index is 12.9. The van der Waals surface area contributed by atoms with Crippen molar-refractivity contribution in [3.8, 4) is 11.5 Å². The summed E-state index contributed by atoms with van der Waals surface area (Å²) in [5, 5.41) is 0. The van der Waals surface area contributed by atoms with Crippen LogP contribution < -0.4 is 9.47 Å². The van der Waals surface area contributed by atoms with Crippen LogP contribution in [-0.2, 0) is 15.1 Å². The first kappa shape index (κ1) is 21.6. The van der Waals surface area contributed by atoms with Gasteiger partial charge in [0.15, 0.2) is 0 Å². The molecule has 0 saturated carbocycles. The van der Waals surface area contributed by atoms with Gasteiger partial charge in [-0.05, 0) is 35.4 Å². The summed E-state index contributed by atoms with van der Waals surface area (Å²) >= 11 is 0. The monoisotopic (exact) mass is 412 g/mol. The molecule has 0 aromatic heterocycles. The summed E-state index contributed by atoms with van der Waals surface area (Å²) in [5.74, 6) is 0.666. The first-order valence-electron chi connectivity index (χ1n) is 9.70. The number of hydrogen-bond acceptors (Lipinski definition) is 5. The van der Waals surface area contributed by atoms with Crippen molar-refractivity contribution >= 4 is 11.9 Å². The molecule has 160 valence electrons. The van der Waals surface area contributed by atoms with E-state index in [1.807, 2.05) is 55.5 Å². The lowest BCUT2D eigenvalue weighted by Crippen LogP contribution is -2.65. The third-order valence-corrected chi connectivity index (χ3v) is 5.98. The van der Waals surface area contributed by atoms with Gasteiger partial charge in [-0.1, -0.05) is 31.2 Å². The second-order valence-electron chi connectivity index (χ2n) is 7.42. The van der Waals surface area contributed by atoms with E-state index in [0.717, 1.165) is 16.0 Å². The Balaban J connectivity index is 2.26. The third kappa shape index (κ3) is 3.29. The van der Waals surface area contributed by atoms with Crippen LogP contribution in [0.15, 0.2) is 48.5 Å². The Morgan fingerprint density at radius 3 is 1.60 bits per heavy atom. The predicted octanol–water partition coefficient (Wildman–Crippen LogP) is 3.12. The van der Waals surface area contributed by atoms with Gasteiger partial charge in [-0.2, -0.15) is 0 Å². The number of ether oxygens (including phenoxy) is 3. The number of nitrogens with zero attached hydrogens (tertiary/aromatic N) is 2. The number of imide groups is 1. The number of benzene rings is 2.